The molecule has 0 saturated carbocycles. The zero-order valence-electron chi connectivity index (χ0n) is 30.7. The number of hydrogen-bond acceptors (Lipinski definition) is 6. The first-order chi connectivity index (χ1) is 28.2. The van der Waals surface area contributed by atoms with Gasteiger partial charge < -0.3 is 13.8 Å². The highest BCUT2D eigenvalue weighted by atomic mass is 31.3. The van der Waals surface area contributed by atoms with Gasteiger partial charge in [0.15, 0.2) is 0 Å². The van der Waals surface area contributed by atoms with Gasteiger partial charge in [-0.05, 0) is 92.0 Å². The largest absolute Gasteiger partial charge is 0.537 e. The van der Waals surface area contributed by atoms with Gasteiger partial charge in [-0.1, -0.05) is 158 Å². The van der Waals surface area contributed by atoms with E-state index in [1.807, 2.05) is 146 Å². The molecule has 0 fully saturated rings. The summed E-state index contributed by atoms with van der Waals surface area (Å²) in [5.41, 5.74) is 9.28. The Morgan fingerprint density at radius 2 is 0.672 bits per heavy atom. The molecule has 0 amide bonds. The Kier molecular flexibility index (Phi) is 9.88. The van der Waals surface area contributed by atoms with E-state index in [2.05, 4.69) is 0 Å². The molecule has 3 heterocycles. The minimum absolute atomic E-state index is 0.0451. The number of rotatable bonds is 2. The maximum absolute atomic E-state index is 13.7. The van der Waals surface area contributed by atoms with Gasteiger partial charge in [0, 0.05) is 11.1 Å². The molecule has 0 saturated heterocycles. The molecule has 2 unspecified atom stereocenters. The second kappa shape index (κ2) is 15.4. The van der Waals surface area contributed by atoms with E-state index >= 15 is 0 Å². The zero-order chi connectivity index (χ0) is 39.7. The molecule has 3 aliphatic heterocycles. The maximum Gasteiger partial charge on any atom is 0.537 e. The van der Waals surface area contributed by atoms with Gasteiger partial charge in [0.05, 0.1) is 0 Å². The standard InChI is InChI=1S/C48H34O8P2/c49-57(50)54-45-23-9-7-17-41(45)43-21-11-19-39(47(43)35-13-3-1-4-14-35)33-25-29-37(30-26-33)53-38-31-27-34(28-32-38)40-20-12-22-44(48(40)36-15-5-2-6-16-36)42-18-8-10-24-46(42)55-58(51,52)56-57/h1-32H,(H,49,50)(H,51,52). The van der Waals surface area contributed by atoms with Crippen molar-refractivity contribution in [3.8, 4) is 89.8 Å². The van der Waals surface area contributed by atoms with Crippen LogP contribution in [0.3, 0.4) is 0 Å². The lowest BCUT2D eigenvalue weighted by Gasteiger charge is -2.22. The van der Waals surface area contributed by atoms with Gasteiger partial charge in [-0.15, -0.1) is 0 Å². The Hall–Kier alpha value is -6.50. The fraction of sp³-hybridized carbons (Fsp3) is 0. The molecule has 8 bridgehead atoms. The molecule has 2 atom stereocenters. The van der Waals surface area contributed by atoms with Gasteiger partial charge in [0.1, 0.15) is 23.0 Å². The van der Waals surface area contributed by atoms with E-state index in [9.17, 15) is 18.9 Å². The minimum Gasteiger partial charge on any atom is -0.457 e. The van der Waals surface area contributed by atoms with Gasteiger partial charge in [-0.3, -0.25) is 9.79 Å². The number of para-hydroxylation sites is 2. The lowest BCUT2D eigenvalue weighted by atomic mass is 9.87. The van der Waals surface area contributed by atoms with Crippen LogP contribution in [0, 0.1) is 0 Å². The van der Waals surface area contributed by atoms with Gasteiger partial charge in [0.25, 0.3) is 0 Å². The summed E-state index contributed by atoms with van der Waals surface area (Å²) in [7, 11) is -10.6. The van der Waals surface area contributed by atoms with Crippen molar-refractivity contribution in [2.75, 3.05) is 0 Å². The van der Waals surface area contributed by atoms with Gasteiger partial charge in [0.2, 0.25) is 0 Å². The van der Waals surface area contributed by atoms with Gasteiger partial charge in [-0.25, -0.2) is 9.13 Å². The highest BCUT2D eigenvalue weighted by Gasteiger charge is 2.39. The van der Waals surface area contributed by atoms with Crippen LogP contribution in [0.5, 0.6) is 23.0 Å². The first-order valence-corrected chi connectivity index (χ1v) is 21.4. The topological polar surface area (TPSA) is 112 Å². The van der Waals surface area contributed by atoms with E-state index in [-0.39, 0.29) is 11.5 Å². The predicted octanol–water partition coefficient (Wildman–Crippen LogP) is 13.5. The second-order valence-electron chi connectivity index (χ2n) is 13.5. The maximum atomic E-state index is 13.7. The molecular weight excluding hydrogens is 766 g/mol. The van der Waals surface area contributed by atoms with Crippen LogP contribution in [0.1, 0.15) is 0 Å². The predicted molar refractivity (Wildman–Crippen MR) is 228 cm³/mol. The summed E-state index contributed by atoms with van der Waals surface area (Å²) in [5, 5.41) is 0. The summed E-state index contributed by atoms with van der Waals surface area (Å²) in [6.45, 7) is 0. The monoisotopic (exact) mass is 800 g/mol. The summed E-state index contributed by atoms with van der Waals surface area (Å²) in [5.74, 6) is 1.23. The Morgan fingerprint density at radius 1 is 0.328 bits per heavy atom. The molecule has 8 nitrogen and oxygen atoms in total. The first-order valence-electron chi connectivity index (χ1n) is 18.4. The van der Waals surface area contributed by atoms with Crippen molar-refractivity contribution in [2.24, 2.45) is 0 Å². The molecule has 0 spiro atoms. The Labute approximate surface area is 335 Å². The highest BCUT2D eigenvalue weighted by Crippen LogP contribution is 2.61. The second-order valence-corrected chi connectivity index (χ2v) is 16.4. The van der Waals surface area contributed by atoms with E-state index in [0.717, 1.165) is 44.5 Å². The van der Waals surface area contributed by atoms with E-state index in [4.69, 9.17) is 18.1 Å². The number of phosphoric acid groups is 2. The average Bonchev–Trinajstić information content (AvgIpc) is 3.24. The van der Waals surface area contributed by atoms with Crippen molar-refractivity contribution in [2.45, 2.75) is 0 Å². The highest BCUT2D eigenvalue weighted by molar-refractivity contribution is 7.61. The molecule has 0 aromatic heterocycles. The van der Waals surface area contributed by atoms with Crippen molar-refractivity contribution in [1.29, 1.82) is 0 Å². The number of ether oxygens (including phenoxy) is 1. The quantitative estimate of drug-likeness (QED) is 0.166. The fourth-order valence-corrected chi connectivity index (χ4v) is 9.48. The summed E-state index contributed by atoms with van der Waals surface area (Å²) < 4.78 is 50.1. The summed E-state index contributed by atoms with van der Waals surface area (Å²) in [6, 6.07) is 60.0. The van der Waals surface area contributed by atoms with Gasteiger partial charge in [-0.2, -0.15) is 4.31 Å². The van der Waals surface area contributed by atoms with Crippen LogP contribution < -0.4 is 13.8 Å². The van der Waals surface area contributed by atoms with Crippen LogP contribution in [-0.2, 0) is 13.4 Å². The number of phosphoric ester groups is 2. The SMILES string of the molecule is O=P1(O)Oc2ccccc2-c2cccc(c2-c2ccccc2)-c2ccc(cc2)Oc2ccc(cc2)-c2cccc(c2-c2ccccc2)-c2ccccc2OP(=O)(O)O1. The van der Waals surface area contributed by atoms with Crippen LogP contribution >= 0.6 is 15.6 Å². The summed E-state index contributed by atoms with van der Waals surface area (Å²) in [4.78, 5) is 22.3. The zero-order valence-corrected chi connectivity index (χ0v) is 32.5. The van der Waals surface area contributed by atoms with Crippen LogP contribution in [0.4, 0.5) is 0 Å². The number of fused-ring (bicyclic) bond motifs is 2. The molecule has 8 aromatic carbocycles. The molecule has 284 valence electrons. The van der Waals surface area contributed by atoms with Crippen molar-refractivity contribution >= 4 is 15.6 Å². The van der Waals surface area contributed by atoms with Crippen LogP contribution in [-0.4, -0.2) is 9.79 Å². The molecule has 0 aliphatic carbocycles. The summed E-state index contributed by atoms with van der Waals surface area (Å²) in [6.07, 6.45) is 0. The molecular formula is C48H34O8P2. The lowest BCUT2D eigenvalue weighted by Crippen LogP contribution is -2.02. The normalized spacial score (nSPS) is 17.4. The molecule has 3 aliphatic rings. The smallest absolute Gasteiger partial charge is 0.457 e. The van der Waals surface area contributed by atoms with Crippen LogP contribution in [0.15, 0.2) is 194 Å². The Morgan fingerprint density at radius 3 is 1.09 bits per heavy atom. The molecule has 0 radical (unpaired) electrons. The van der Waals surface area contributed by atoms with Crippen molar-refractivity contribution < 1.29 is 37.0 Å². The van der Waals surface area contributed by atoms with Crippen LogP contribution in [0.25, 0.3) is 66.8 Å². The summed E-state index contributed by atoms with van der Waals surface area (Å²) >= 11 is 0. The minimum atomic E-state index is -5.32. The fourth-order valence-electron chi connectivity index (χ4n) is 7.36. The third-order valence-corrected chi connectivity index (χ3v) is 12.3. The molecule has 2 N–H and O–H groups in total. The third-order valence-electron chi connectivity index (χ3n) is 9.81. The lowest BCUT2D eigenvalue weighted by molar-refractivity contribution is 0.234. The van der Waals surface area contributed by atoms with E-state index in [1.54, 1.807) is 36.4 Å². The first kappa shape index (κ1) is 37.1. The molecule has 11 rings (SSSR count). The average molecular weight is 801 g/mol. The Bertz CT molecular complexity index is 2670. The van der Waals surface area contributed by atoms with Crippen molar-refractivity contribution in [1.82, 2.24) is 0 Å². The van der Waals surface area contributed by atoms with Gasteiger partial charge >= 0.3 is 15.6 Å². The molecule has 8 aromatic rings. The van der Waals surface area contributed by atoms with E-state index in [0.29, 0.717) is 33.8 Å². The van der Waals surface area contributed by atoms with E-state index < -0.39 is 15.6 Å². The Balaban J connectivity index is 1.23. The van der Waals surface area contributed by atoms with Crippen LogP contribution in [0.2, 0.25) is 0 Å². The van der Waals surface area contributed by atoms with Crippen molar-refractivity contribution in [3.63, 3.8) is 0 Å². The molecule has 10 heteroatoms. The molecule has 58 heavy (non-hydrogen) atoms. The number of hydrogen-bond donors (Lipinski definition) is 2. The van der Waals surface area contributed by atoms with E-state index in [1.165, 1.54) is 12.1 Å². The number of benzene rings is 8. The third kappa shape index (κ3) is 7.63. The van der Waals surface area contributed by atoms with Crippen molar-refractivity contribution in [3.05, 3.63) is 194 Å².